The molecule has 0 aliphatic heterocycles. The van der Waals surface area contributed by atoms with Crippen LogP contribution >= 0.6 is 34.8 Å². The predicted octanol–water partition coefficient (Wildman–Crippen LogP) is 4.61. The molecule has 65 valence electrons. The summed E-state index contributed by atoms with van der Waals surface area (Å²) >= 11 is 17.5. The highest BCUT2D eigenvalue weighted by molar-refractivity contribution is 6.43. The van der Waals surface area contributed by atoms with E-state index in [1.54, 1.807) is 12.1 Å². The Bertz CT molecular complexity index is 292. The van der Waals surface area contributed by atoms with Gasteiger partial charge >= 0.3 is 0 Å². The SMILES string of the molecule is C[C](C)c1cc(Cl)c(Cl)cc1Cl. The van der Waals surface area contributed by atoms with Gasteiger partial charge in [-0.3, -0.25) is 0 Å². The lowest BCUT2D eigenvalue weighted by atomic mass is 10.0. The lowest BCUT2D eigenvalue weighted by Gasteiger charge is -2.08. The third kappa shape index (κ3) is 2.07. The van der Waals surface area contributed by atoms with E-state index in [2.05, 4.69) is 0 Å². The van der Waals surface area contributed by atoms with Gasteiger partial charge in [0, 0.05) is 10.9 Å². The van der Waals surface area contributed by atoms with Crippen LogP contribution < -0.4 is 0 Å². The van der Waals surface area contributed by atoms with Crippen molar-refractivity contribution in [3.05, 3.63) is 38.7 Å². The Morgan fingerprint density at radius 1 is 0.917 bits per heavy atom. The van der Waals surface area contributed by atoms with Crippen LogP contribution in [-0.4, -0.2) is 0 Å². The maximum absolute atomic E-state index is 5.93. The summed E-state index contributed by atoms with van der Waals surface area (Å²) in [6.07, 6.45) is 0. The second-order valence-corrected chi connectivity index (χ2v) is 3.97. The first-order chi connectivity index (χ1) is 5.52. The van der Waals surface area contributed by atoms with E-state index in [9.17, 15) is 0 Å². The molecule has 0 fully saturated rings. The molecule has 12 heavy (non-hydrogen) atoms. The zero-order valence-electron chi connectivity index (χ0n) is 6.79. The van der Waals surface area contributed by atoms with Gasteiger partial charge in [0.25, 0.3) is 0 Å². The molecular weight excluding hydrogens is 214 g/mol. The van der Waals surface area contributed by atoms with Gasteiger partial charge in [0.05, 0.1) is 10.0 Å². The highest BCUT2D eigenvalue weighted by Crippen LogP contribution is 2.32. The number of rotatable bonds is 1. The summed E-state index contributed by atoms with van der Waals surface area (Å²) in [6, 6.07) is 3.44. The molecule has 0 amide bonds. The third-order valence-electron chi connectivity index (χ3n) is 1.55. The van der Waals surface area contributed by atoms with Crippen molar-refractivity contribution in [1.29, 1.82) is 0 Å². The summed E-state index contributed by atoms with van der Waals surface area (Å²) in [5.41, 5.74) is 0.950. The molecule has 1 rings (SSSR count). The first-order valence-electron chi connectivity index (χ1n) is 3.47. The van der Waals surface area contributed by atoms with Crippen molar-refractivity contribution in [1.82, 2.24) is 0 Å². The van der Waals surface area contributed by atoms with Crippen LogP contribution in [0.2, 0.25) is 15.1 Å². The van der Waals surface area contributed by atoms with Crippen LogP contribution in [0.3, 0.4) is 0 Å². The smallest absolute Gasteiger partial charge is 0.0607 e. The molecular formula is C9H8Cl3. The number of benzene rings is 1. The van der Waals surface area contributed by atoms with Crippen molar-refractivity contribution in [2.45, 2.75) is 13.8 Å². The Morgan fingerprint density at radius 3 is 1.92 bits per heavy atom. The molecule has 1 aromatic rings. The summed E-state index contributed by atoms with van der Waals surface area (Å²) in [4.78, 5) is 0. The van der Waals surface area contributed by atoms with Crippen molar-refractivity contribution in [3.8, 4) is 0 Å². The first kappa shape index (κ1) is 10.2. The maximum Gasteiger partial charge on any atom is 0.0607 e. The Labute approximate surface area is 87.4 Å². The first-order valence-corrected chi connectivity index (χ1v) is 4.61. The van der Waals surface area contributed by atoms with Crippen LogP contribution in [0, 0.1) is 5.92 Å². The Kier molecular flexibility index (Phi) is 3.28. The topological polar surface area (TPSA) is 0 Å². The van der Waals surface area contributed by atoms with Gasteiger partial charge < -0.3 is 0 Å². The molecule has 0 atom stereocenters. The summed E-state index contributed by atoms with van der Waals surface area (Å²) in [6.45, 7) is 3.96. The van der Waals surface area contributed by atoms with E-state index in [1.165, 1.54) is 0 Å². The molecule has 0 heterocycles. The third-order valence-corrected chi connectivity index (χ3v) is 2.58. The summed E-state index contributed by atoms with van der Waals surface area (Å²) in [5, 5.41) is 1.67. The van der Waals surface area contributed by atoms with E-state index in [0.717, 1.165) is 11.5 Å². The molecule has 3 heteroatoms. The Balaban J connectivity index is 3.23. The molecule has 0 N–H and O–H groups in total. The van der Waals surface area contributed by atoms with E-state index in [-0.39, 0.29) is 0 Å². The summed E-state index contributed by atoms with van der Waals surface area (Å²) < 4.78 is 0. The molecule has 0 aliphatic carbocycles. The van der Waals surface area contributed by atoms with Gasteiger partial charge in [0.1, 0.15) is 0 Å². The fourth-order valence-corrected chi connectivity index (χ4v) is 1.64. The van der Waals surface area contributed by atoms with Crippen molar-refractivity contribution in [3.63, 3.8) is 0 Å². The van der Waals surface area contributed by atoms with Crippen LogP contribution in [0.25, 0.3) is 0 Å². The molecule has 0 aliphatic rings. The molecule has 1 radical (unpaired) electrons. The van der Waals surface area contributed by atoms with Crippen LogP contribution in [-0.2, 0) is 0 Å². The van der Waals surface area contributed by atoms with Gasteiger partial charge in [-0.1, -0.05) is 48.7 Å². The summed E-state index contributed by atoms with van der Waals surface area (Å²) in [5.74, 6) is 1.12. The van der Waals surface area contributed by atoms with E-state index in [4.69, 9.17) is 34.8 Å². The van der Waals surface area contributed by atoms with Crippen LogP contribution in [0.5, 0.6) is 0 Å². The molecule has 0 nitrogen and oxygen atoms in total. The standard InChI is InChI=1S/C9H8Cl3/c1-5(2)6-3-8(11)9(12)4-7(6)10/h3-4H,1-2H3. The number of hydrogen-bond donors (Lipinski definition) is 0. The molecule has 0 unspecified atom stereocenters. The normalized spacial score (nSPS) is 10.8. The van der Waals surface area contributed by atoms with Crippen LogP contribution in [0.4, 0.5) is 0 Å². The molecule has 0 aromatic heterocycles. The highest BCUT2D eigenvalue weighted by Gasteiger charge is 2.08. The van der Waals surface area contributed by atoms with Gasteiger partial charge in [0.2, 0.25) is 0 Å². The lowest BCUT2D eigenvalue weighted by molar-refractivity contribution is 1.15. The molecule has 0 bridgehead atoms. The number of halogens is 3. The lowest BCUT2D eigenvalue weighted by Crippen LogP contribution is -1.89. The fourth-order valence-electron chi connectivity index (χ4n) is 0.906. The molecule has 0 saturated heterocycles. The Hall–Kier alpha value is 0.0900. The highest BCUT2D eigenvalue weighted by atomic mass is 35.5. The summed E-state index contributed by atoms with van der Waals surface area (Å²) in [7, 11) is 0. The Morgan fingerprint density at radius 2 is 1.42 bits per heavy atom. The van der Waals surface area contributed by atoms with E-state index in [1.807, 2.05) is 13.8 Å². The van der Waals surface area contributed by atoms with Gasteiger partial charge in [0.15, 0.2) is 0 Å². The minimum Gasteiger partial charge on any atom is -0.0840 e. The van der Waals surface area contributed by atoms with Gasteiger partial charge in [-0.2, -0.15) is 0 Å². The zero-order chi connectivity index (χ0) is 9.30. The van der Waals surface area contributed by atoms with Crippen molar-refractivity contribution in [2.75, 3.05) is 0 Å². The number of hydrogen-bond acceptors (Lipinski definition) is 0. The second-order valence-electron chi connectivity index (χ2n) is 2.75. The largest absolute Gasteiger partial charge is 0.0840 e. The molecule has 0 spiro atoms. The molecule has 0 saturated carbocycles. The fraction of sp³-hybridized carbons (Fsp3) is 0.222. The van der Waals surface area contributed by atoms with Gasteiger partial charge in [-0.25, -0.2) is 0 Å². The zero-order valence-corrected chi connectivity index (χ0v) is 9.06. The predicted molar refractivity (Wildman–Crippen MR) is 55.2 cm³/mol. The molecule has 1 aromatic carbocycles. The maximum atomic E-state index is 5.93. The van der Waals surface area contributed by atoms with E-state index in [0.29, 0.717) is 15.1 Å². The van der Waals surface area contributed by atoms with E-state index < -0.39 is 0 Å². The van der Waals surface area contributed by atoms with E-state index >= 15 is 0 Å². The van der Waals surface area contributed by atoms with Gasteiger partial charge in [-0.05, 0) is 17.7 Å². The average molecular weight is 223 g/mol. The minimum atomic E-state index is 0.492. The van der Waals surface area contributed by atoms with Crippen molar-refractivity contribution in [2.24, 2.45) is 0 Å². The van der Waals surface area contributed by atoms with Crippen molar-refractivity contribution < 1.29 is 0 Å². The van der Waals surface area contributed by atoms with Gasteiger partial charge in [-0.15, -0.1) is 0 Å². The minimum absolute atomic E-state index is 0.492. The second kappa shape index (κ2) is 3.87. The van der Waals surface area contributed by atoms with Crippen LogP contribution in [0.1, 0.15) is 19.4 Å². The quantitative estimate of drug-likeness (QED) is 0.609. The van der Waals surface area contributed by atoms with Crippen LogP contribution in [0.15, 0.2) is 12.1 Å². The van der Waals surface area contributed by atoms with Crippen molar-refractivity contribution >= 4 is 34.8 Å². The average Bonchev–Trinajstić information content (AvgIpc) is 1.96. The monoisotopic (exact) mass is 221 g/mol.